The summed E-state index contributed by atoms with van der Waals surface area (Å²) in [5.41, 5.74) is 0.853. The number of hydrogen-bond acceptors (Lipinski definition) is 3. The average Bonchev–Trinajstić information content (AvgIpc) is 2.70. The van der Waals surface area contributed by atoms with E-state index in [1.807, 2.05) is 30.3 Å². The van der Waals surface area contributed by atoms with Crippen molar-refractivity contribution in [2.24, 2.45) is 0 Å². The van der Waals surface area contributed by atoms with Crippen molar-refractivity contribution in [2.75, 3.05) is 19.6 Å². The first-order valence-electron chi connectivity index (χ1n) is 10.9. The van der Waals surface area contributed by atoms with Gasteiger partial charge in [-0.1, -0.05) is 89.6 Å². The number of hydrogen-bond donors (Lipinski definition) is 2. The van der Waals surface area contributed by atoms with Crippen LogP contribution in [0, 0.1) is 0 Å². The van der Waals surface area contributed by atoms with Gasteiger partial charge in [0.2, 0.25) is 5.91 Å². The van der Waals surface area contributed by atoms with Crippen LogP contribution < -0.4 is 5.32 Å². The van der Waals surface area contributed by atoms with Crippen molar-refractivity contribution >= 4 is 5.91 Å². The van der Waals surface area contributed by atoms with Crippen molar-refractivity contribution in [2.45, 2.75) is 84.3 Å². The number of carbonyl (C=O) groups is 1. The highest BCUT2D eigenvalue weighted by molar-refractivity contribution is 5.76. The highest BCUT2D eigenvalue weighted by atomic mass is 16.3. The number of nitrogens with one attached hydrogen (secondary N) is 1. The molecule has 0 aliphatic carbocycles. The minimum atomic E-state index is -0.690. The van der Waals surface area contributed by atoms with Gasteiger partial charge in [-0.3, -0.25) is 4.79 Å². The maximum absolute atomic E-state index is 12.4. The summed E-state index contributed by atoms with van der Waals surface area (Å²) in [5.74, 6) is 0.0516. The monoisotopic (exact) mass is 376 g/mol. The van der Waals surface area contributed by atoms with Crippen molar-refractivity contribution in [3.63, 3.8) is 0 Å². The molecular weight excluding hydrogens is 336 g/mol. The van der Waals surface area contributed by atoms with Gasteiger partial charge in [-0.05, 0) is 25.1 Å². The molecule has 4 heteroatoms. The second-order valence-electron chi connectivity index (χ2n) is 7.39. The first-order valence-corrected chi connectivity index (χ1v) is 10.9. The summed E-state index contributed by atoms with van der Waals surface area (Å²) in [6.07, 6.45) is 8.25. The third-order valence-electron chi connectivity index (χ3n) is 5.23. The topological polar surface area (TPSA) is 52.6 Å². The van der Waals surface area contributed by atoms with Crippen LogP contribution in [0.4, 0.5) is 0 Å². The number of aliphatic hydroxyl groups excluding tert-OH is 1. The highest BCUT2D eigenvalue weighted by Gasteiger charge is 2.24. The van der Waals surface area contributed by atoms with E-state index in [2.05, 4.69) is 31.0 Å². The molecule has 0 aliphatic rings. The van der Waals surface area contributed by atoms with Gasteiger partial charge in [0.05, 0.1) is 6.04 Å². The normalized spacial score (nSPS) is 13.5. The molecule has 2 atom stereocenters. The number of likely N-dealkylation sites (N-methyl/N-ethyl adjacent to an activating group) is 1. The fourth-order valence-corrected chi connectivity index (χ4v) is 3.39. The summed E-state index contributed by atoms with van der Waals surface area (Å²) in [7, 11) is 0. The van der Waals surface area contributed by atoms with E-state index in [1.54, 1.807) is 0 Å². The van der Waals surface area contributed by atoms with E-state index >= 15 is 0 Å². The van der Waals surface area contributed by atoms with Crippen LogP contribution in [0.25, 0.3) is 0 Å². The van der Waals surface area contributed by atoms with E-state index in [-0.39, 0.29) is 11.9 Å². The molecule has 0 spiro atoms. The van der Waals surface area contributed by atoms with Gasteiger partial charge in [-0.2, -0.15) is 0 Å². The molecule has 27 heavy (non-hydrogen) atoms. The van der Waals surface area contributed by atoms with E-state index in [4.69, 9.17) is 0 Å². The van der Waals surface area contributed by atoms with Crippen LogP contribution >= 0.6 is 0 Å². The molecule has 0 heterocycles. The van der Waals surface area contributed by atoms with Crippen LogP contribution in [0.15, 0.2) is 30.3 Å². The predicted molar refractivity (Wildman–Crippen MR) is 114 cm³/mol. The van der Waals surface area contributed by atoms with Gasteiger partial charge in [-0.15, -0.1) is 0 Å². The Morgan fingerprint density at radius 3 is 2.15 bits per heavy atom. The maximum Gasteiger partial charge on any atom is 0.220 e. The fourth-order valence-electron chi connectivity index (χ4n) is 3.39. The Morgan fingerprint density at radius 1 is 0.963 bits per heavy atom. The van der Waals surface area contributed by atoms with Gasteiger partial charge in [0.1, 0.15) is 6.10 Å². The van der Waals surface area contributed by atoms with Crippen LogP contribution in [0.2, 0.25) is 0 Å². The molecule has 0 aliphatic heterocycles. The Hall–Kier alpha value is -1.39. The number of carbonyl (C=O) groups excluding carboxylic acids is 1. The third-order valence-corrected chi connectivity index (χ3v) is 5.23. The van der Waals surface area contributed by atoms with Crippen molar-refractivity contribution in [1.29, 1.82) is 0 Å². The minimum absolute atomic E-state index is 0.0516. The number of rotatable bonds is 15. The molecule has 1 amide bonds. The van der Waals surface area contributed by atoms with Crippen LogP contribution in [-0.4, -0.2) is 41.6 Å². The molecule has 2 N–H and O–H groups in total. The molecule has 1 aromatic carbocycles. The highest BCUT2D eigenvalue weighted by Crippen LogP contribution is 2.18. The number of amides is 1. The lowest BCUT2D eigenvalue weighted by atomic mass is 10.0. The van der Waals surface area contributed by atoms with Crippen molar-refractivity contribution in [3.05, 3.63) is 35.9 Å². The number of benzene rings is 1. The zero-order chi connectivity index (χ0) is 19.9. The molecular formula is C23H40N2O2. The van der Waals surface area contributed by atoms with Crippen molar-refractivity contribution in [1.82, 2.24) is 10.2 Å². The number of nitrogens with zero attached hydrogens (tertiary/aromatic N) is 1. The average molecular weight is 377 g/mol. The van der Waals surface area contributed by atoms with Crippen molar-refractivity contribution in [3.8, 4) is 0 Å². The second-order valence-corrected chi connectivity index (χ2v) is 7.39. The molecule has 4 nitrogen and oxygen atoms in total. The summed E-state index contributed by atoms with van der Waals surface area (Å²) in [4.78, 5) is 14.7. The van der Waals surface area contributed by atoms with E-state index < -0.39 is 6.10 Å². The lowest BCUT2D eigenvalue weighted by Crippen LogP contribution is -2.47. The van der Waals surface area contributed by atoms with Gasteiger partial charge in [0, 0.05) is 13.0 Å². The fraction of sp³-hybridized carbons (Fsp3) is 0.696. The molecule has 0 bridgehead atoms. The Morgan fingerprint density at radius 2 is 1.56 bits per heavy atom. The minimum Gasteiger partial charge on any atom is -0.386 e. The molecule has 0 aromatic heterocycles. The molecule has 0 saturated heterocycles. The summed E-state index contributed by atoms with van der Waals surface area (Å²) in [6, 6.07) is 9.34. The lowest BCUT2D eigenvalue weighted by Gasteiger charge is -2.30. The largest absolute Gasteiger partial charge is 0.386 e. The van der Waals surface area contributed by atoms with E-state index in [1.165, 1.54) is 32.1 Å². The summed E-state index contributed by atoms with van der Waals surface area (Å²) < 4.78 is 0. The van der Waals surface area contributed by atoms with Crippen LogP contribution in [0.5, 0.6) is 0 Å². The van der Waals surface area contributed by atoms with E-state index in [0.29, 0.717) is 13.0 Å². The van der Waals surface area contributed by atoms with E-state index in [9.17, 15) is 9.90 Å². The zero-order valence-corrected chi connectivity index (χ0v) is 17.6. The van der Waals surface area contributed by atoms with E-state index in [0.717, 1.165) is 31.5 Å². The summed E-state index contributed by atoms with van der Waals surface area (Å²) in [5, 5.41) is 13.9. The smallest absolute Gasteiger partial charge is 0.220 e. The Kier molecular flexibility index (Phi) is 12.8. The molecule has 0 saturated carbocycles. The quantitative estimate of drug-likeness (QED) is 0.437. The SMILES string of the molecule is CCCCCCCCCC(=O)N[C@@H](CN(CC)CC)[C@H](O)c1ccccc1. The molecule has 1 aromatic rings. The van der Waals surface area contributed by atoms with Crippen LogP contribution in [0.1, 0.15) is 83.8 Å². The molecule has 0 radical (unpaired) electrons. The molecule has 0 unspecified atom stereocenters. The predicted octanol–water partition coefficient (Wildman–Crippen LogP) is 4.69. The zero-order valence-electron chi connectivity index (χ0n) is 17.6. The molecule has 154 valence electrons. The van der Waals surface area contributed by atoms with Crippen LogP contribution in [0.3, 0.4) is 0 Å². The second kappa shape index (κ2) is 14.6. The van der Waals surface area contributed by atoms with Crippen LogP contribution in [-0.2, 0) is 4.79 Å². The Labute approximate surface area is 166 Å². The van der Waals surface area contributed by atoms with Gasteiger partial charge >= 0.3 is 0 Å². The number of aliphatic hydroxyl groups is 1. The summed E-state index contributed by atoms with van der Waals surface area (Å²) >= 11 is 0. The van der Waals surface area contributed by atoms with Gasteiger partial charge < -0.3 is 15.3 Å². The summed E-state index contributed by atoms with van der Waals surface area (Å²) in [6.45, 7) is 8.91. The van der Waals surface area contributed by atoms with Gasteiger partial charge in [0.25, 0.3) is 0 Å². The third kappa shape index (κ3) is 9.92. The van der Waals surface area contributed by atoms with Gasteiger partial charge in [-0.25, -0.2) is 0 Å². The lowest BCUT2D eigenvalue weighted by molar-refractivity contribution is -0.123. The number of unbranched alkanes of at least 4 members (excludes halogenated alkanes) is 6. The Bertz CT molecular complexity index is 488. The first kappa shape index (κ1) is 23.6. The van der Waals surface area contributed by atoms with Crippen molar-refractivity contribution < 1.29 is 9.90 Å². The molecule has 0 fully saturated rings. The standard InChI is InChI=1S/C23H40N2O2/c1-4-7-8-9-10-11-15-18-22(26)24-21(19-25(5-2)6-3)23(27)20-16-13-12-14-17-20/h12-14,16-17,21,23,27H,4-11,15,18-19H2,1-3H3,(H,24,26)/t21-,23+/m0/s1. The molecule has 1 rings (SSSR count). The Balaban J connectivity index is 2.51. The van der Waals surface area contributed by atoms with Gasteiger partial charge in [0.15, 0.2) is 0 Å². The maximum atomic E-state index is 12.4. The first-order chi connectivity index (χ1) is 13.1.